The fourth-order valence-corrected chi connectivity index (χ4v) is 7.06. The number of carboxylic acids is 2. The smallest absolute Gasteiger partial charge is 0.352 e. The van der Waals surface area contributed by atoms with E-state index in [1.165, 1.54) is 31.9 Å². The minimum Gasteiger partial charge on any atom is -0.503 e. The van der Waals surface area contributed by atoms with Gasteiger partial charge in [0, 0.05) is 31.1 Å². The number of nitrogens with one attached hydrogen (secondary N) is 4. The van der Waals surface area contributed by atoms with E-state index in [2.05, 4.69) is 31.1 Å². The van der Waals surface area contributed by atoms with Crippen molar-refractivity contribution in [2.24, 2.45) is 10.9 Å². The number of carbonyl (C=O) groups is 5. The van der Waals surface area contributed by atoms with E-state index in [1.807, 2.05) is 13.0 Å². The maximum Gasteiger partial charge on any atom is 0.352 e. The number of hydrogen-bond donors (Lipinski definition) is 9. The van der Waals surface area contributed by atoms with Crippen LogP contribution in [0.3, 0.4) is 0 Å². The Morgan fingerprint density at radius 3 is 2.66 bits per heavy atom. The first-order valence-electron chi connectivity index (χ1n) is 17.7. The van der Waals surface area contributed by atoms with Crippen LogP contribution >= 0.6 is 23.5 Å². The van der Waals surface area contributed by atoms with Gasteiger partial charge in [0.25, 0.3) is 29.9 Å². The predicted molar refractivity (Wildman–Crippen MR) is 216 cm³/mol. The van der Waals surface area contributed by atoms with E-state index in [1.54, 1.807) is 35.2 Å². The van der Waals surface area contributed by atoms with E-state index in [-0.39, 0.29) is 53.9 Å². The maximum atomic E-state index is 13.5. The third kappa shape index (κ3) is 11.2. The number of pyridine rings is 1. The number of aromatic amines is 1. The number of carboxylic acid groups (broad SMARTS) is 2. The highest BCUT2D eigenvalue weighted by atomic mass is 32.2. The van der Waals surface area contributed by atoms with Gasteiger partial charge in [-0.15, -0.1) is 11.8 Å². The standard InChI is InChI=1S/C36H44N10O10S2/c1-5-6-9-25(37)57-16-19(2)26(44-56-36(3,4)35(54)55)31(50)43-27-32(51)46-28(34(52)53)20(17-58-33(27)46)8-7-12-45-15-22(29(38)42-18-45)39-10-11-40-30(49)21-13-23(47)24(48)14-41-21/h7-9,13-16,18,27,33,38-39H,5-6,10-12,17,37H2,1-4H3,(H6,40,41,43,44,47,48,49,50,52,53,54,55)/p+1/b8-7+,19-16+,25-9+/t27-,33?/m1/s1. The van der Waals surface area contributed by atoms with Gasteiger partial charge in [-0.1, -0.05) is 42.4 Å². The highest BCUT2D eigenvalue weighted by molar-refractivity contribution is 8.05. The highest BCUT2D eigenvalue weighted by Crippen LogP contribution is 2.40. The molecule has 0 spiro atoms. The third-order valence-corrected chi connectivity index (χ3v) is 10.6. The zero-order valence-electron chi connectivity index (χ0n) is 32.0. The molecule has 1 saturated heterocycles. The van der Waals surface area contributed by atoms with Gasteiger partial charge in [-0.2, -0.15) is 0 Å². The van der Waals surface area contributed by atoms with Gasteiger partial charge in [0.15, 0.2) is 11.5 Å². The Bertz CT molecular complexity index is 2170. The van der Waals surface area contributed by atoms with Crippen molar-refractivity contribution in [3.05, 3.63) is 86.2 Å². The lowest BCUT2D eigenvalue weighted by Gasteiger charge is -2.49. The van der Waals surface area contributed by atoms with Crippen LogP contribution in [0.4, 0.5) is 11.5 Å². The molecule has 11 N–H and O–H groups in total. The number of β-lactam (4-membered cyclic amide) rings is 1. The first-order valence-corrected chi connectivity index (χ1v) is 19.6. The number of aromatic nitrogens is 3. The summed E-state index contributed by atoms with van der Waals surface area (Å²) < 4.78 is 1.67. The molecule has 0 aliphatic carbocycles. The van der Waals surface area contributed by atoms with E-state index in [0.29, 0.717) is 16.3 Å². The number of hydrogen-bond acceptors (Lipinski definition) is 15. The Balaban J connectivity index is 1.41. The van der Waals surface area contributed by atoms with Crippen LogP contribution in [0.25, 0.3) is 0 Å². The molecule has 4 rings (SSSR count). The molecule has 310 valence electrons. The summed E-state index contributed by atoms with van der Waals surface area (Å²) in [6.45, 7) is 6.68. The molecule has 0 saturated carbocycles. The molecule has 1 unspecified atom stereocenters. The van der Waals surface area contributed by atoms with Gasteiger partial charge in [0.2, 0.25) is 11.0 Å². The molecule has 2 atom stereocenters. The Morgan fingerprint density at radius 2 is 1.98 bits per heavy atom. The summed E-state index contributed by atoms with van der Waals surface area (Å²) in [7, 11) is 0. The summed E-state index contributed by atoms with van der Waals surface area (Å²) in [4.78, 5) is 88.0. The molecule has 0 bridgehead atoms. The molecule has 58 heavy (non-hydrogen) atoms. The highest BCUT2D eigenvalue weighted by Gasteiger charge is 2.54. The van der Waals surface area contributed by atoms with Crippen LogP contribution in [0, 0.1) is 0 Å². The average molecular weight is 842 g/mol. The number of fused-ring (bicyclic) bond motifs is 1. The quantitative estimate of drug-likeness (QED) is 0.0313. The molecule has 0 aromatic carbocycles. The van der Waals surface area contributed by atoms with Crippen LogP contribution in [0.2, 0.25) is 0 Å². The van der Waals surface area contributed by atoms with Crippen molar-refractivity contribution in [1.82, 2.24) is 25.5 Å². The number of rotatable bonds is 19. The van der Waals surface area contributed by atoms with Crippen LogP contribution in [0.1, 0.15) is 51.0 Å². The third-order valence-electron chi connectivity index (χ3n) is 8.38. The van der Waals surface area contributed by atoms with E-state index >= 15 is 0 Å². The van der Waals surface area contributed by atoms with Crippen LogP contribution in [-0.2, 0) is 30.6 Å². The first kappa shape index (κ1) is 44.4. The summed E-state index contributed by atoms with van der Waals surface area (Å²) >= 11 is 2.37. The molecular weight excluding hydrogens is 797 g/mol. The van der Waals surface area contributed by atoms with Crippen LogP contribution in [0.15, 0.2) is 80.2 Å². The minimum absolute atomic E-state index is 0.0209. The molecule has 2 aromatic heterocycles. The molecule has 2 aliphatic heterocycles. The molecular formula is C36H45N10O10S2+. The van der Waals surface area contributed by atoms with E-state index in [9.17, 15) is 44.1 Å². The van der Waals surface area contributed by atoms with Crippen molar-refractivity contribution >= 4 is 70.4 Å². The number of aromatic hydroxyl groups is 1. The number of aliphatic carboxylic acids is 2. The van der Waals surface area contributed by atoms with Gasteiger partial charge in [0.1, 0.15) is 41.2 Å². The first-order chi connectivity index (χ1) is 27.4. The number of nitrogen functional groups attached to an aromatic ring is 1. The Hall–Kier alpha value is -6.29. The Kier molecular flexibility index (Phi) is 15.1. The number of carbonyl (C=O) groups excluding carboxylic acids is 3. The largest absolute Gasteiger partial charge is 0.503 e. The number of H-pyrrole nitrogens is 1. The second kappa shape index (κ2) is 19.7. The summed E-state index contributed by atoms with van der Waals surface area (Å²) in [5.74, 6) is -4.85. The number of nitrogens with zero attached hydrogens (tertiary/aromatic N) is 4. The number of thioether (sulfide) groups is 2. The molecule has 3 amide bonds. The van der Waals surface area contributed by atoms with Crippen molar-refractivity contribution in [3.63, 3.8) is 0 Å². The molecule has 20 nitrogen and oxygen atoms in total. The lowest BCUT2D eigenvalue weighted by Crippen LogP contribution is -2.71. The number of unbranched alkanes of at least 4 members (excludes halogenated alkanes) is 1. The minimum atomic E-state index is -1.78. The predicted octanol–water partition coefficient (Wildman–Crippen LogP) is 0.955. The molecule has 2 aliphatic rings. The lowest BCUT2D eigenvalue weighted by molar-refractivity contribution is -0.689. The fraction of sp³-hybridized carbons (Fsp3) is 0.361. The molecule has 0 radical (unpaired) electrons. The zero-order valence-corrected chi connectivity index (χ0v) is 33.6. The molecule has 1 fully saturated rings. The lowest BCUT2D eigenvalue weighted by atomic mass is 10.0. The van der Waals surface area contributed by atoms with E-state index in [0.717, 1.165) is 41.8 Å². The number of allylic oxidation sites excluding steroid dienone is 3. The molecule has 4 heterocycles. The van der Waals surface area contributed by atoms with Gasteiger partial charge in [-0.3, -0.25) is 24.1 Å². The van der Waals surface area contributed by atoms with Gasteiger partial charge in [-0.05, 0) is 54.8 Å². The van der Waals surface area contributed by atoms with Crippen molar-refractivity contribution in [3.8, 4) is 5.75 Å². The van der Waals surface area contributed by atoms with Crippen molar-refractivity contribution in [2.75, 3.05) is 29.9 Å². The summed E-state index contributed by atoms with van der Waals surface area (Å²) in [5, 5.41) is 42.4. The Morgan fingerprint density at radius 1 is 1.24 bits per heavy atom. The summed E-state index contributed by atoms with van der Waals surface area (Å²) in [6, 6.07) is -0.132. The normalized spacial score (nSPS) is 17.4. The average Bonchev–Trinajstić information content (AvgIpc) is 3.18. The summed E-state index contributed by atoms with van der Waals surface area (Å²) in [6.07, 6.45) is 10.9. The van der Waals surface area contributed by atoms with Crippen molar-refractivity contribution in [2.45, 2.75) is 64.1 Å². The SMILES string of the molecule is CCC/C=C(\N)S/C=C(C)/C(=N/OC(C)(C)C(=O)O)C(=O)N[C@@H]1C(=O)N2C(C(=O)O)=C(/C=C/C[n+]3cnc(N)c(NCCNC(=O)c4cc(=O)c(O)c[nH]4)c3)CSC12. The molecule has 2 aromatic rings. The van der Waals surface area contributed by atoms with E-state index < -0.39 is 57.9 Å². The van der Waals surface area contributed by atoms with Crippen molar-refractivity contribution in [1.29, 1.82) is 0 Å². The Labute approximate surface area is 340 Å². The summed E-state index contributed by atoms with van der Waals surface area (Å²) in [5.41, 5.74) is 10.1. The number of nitrogens with two attached hydrogens (primary N) is 2. The van der Waals surface area contributed by atoms with E-state index in [4.69, 9.17) is 16.3 Å². The van der Waals surface area contributed by atoms with Gasteiger partial charge >= 0.3 is 11.9 Å². The second-order valence-electron chi connectivity index (χ2n) is 13.3. The second-order valence-corrected chi connectivity index (χ2v) is 15.3. The van der Waals surface area contributed by atoms with Gasteiger partial charge < -0.3 is 52.6 Å². The van der Waals surface area contributed by atoms with Crippen LogP contribution in [0.5, 0.6) is 5.75 Å². The van der Waals surface area contributed by atoms with Crippen LogP contribution in [-0.4, -0.2) is 101 Å². The van der Waals surface area contributed by atoms with Crippen LogP contribution < -0.4 is 37.4 Å². The number of anilines is 2. The van der Waals surface area contributed by atoms with Gasteiger partial charge in [0.05, 0.1) is 5.03 Å². The topological polar surface area (TPSA) is 309 Å². The van der Waals surface area contributed by atoms with Crippen molar-refractivity contribution < 1.29 is 48.7 Å². The molecule has 22 heteroatoms. The zero-order chi connectivity index (χ0) is 42.7. The maximum absolute atomic E-state index is 13.5. The van der Waals surface area contributed by atoms with Gasteiger partial charge in [-0.25, -0.2) is 14.2 Å². The fourth-order valence-electron chi connectivity index (χ4n) is 5.11. The monoisotopic (exact) mass is 841 g/mol. The number of oxime groups is 1. The number of amides is 3.